The van der Waals surface area contributed by atoms with E-state index in [0.29, 0.717) is 29.2 Å². The molecule has 6 atom stereocenters. The lowest BCUT2D eigenvalue weighted by Crippen LogP contribution is -2.40. The van der Waals surface area contributed by atoms with E-state index in [9.17, 15) is 9.59 Å². The molecule has 2 bridgehead atoms. The van der Waals surface area contributed by atoms with Crippen molar-refractivity contribution < 1.29 is 14.3 Å². The first-order valence-corrected chi connectivity index (χ1v) is 11.1. The Hall–Kier alpha value is -2.92. The number of allylic oxidation sites excluding steroid dienone is 2. The normalized spacial score (nSPS) is 32.5. The zero-order valence-electron chi connectivity index (χ0n) is 16.7. The van der Waals surface area contributed by atoms with Gasteiger partial charge in [-0.3, -0.25) is 9.59 Å². The average molecular weight is 433 g/mol. The molecule has 1 saturated heterocycles. The molecule has 0 radical (unpaired) electrons. The first-order chi connectivity index (χ1) is 15.1. The number of carbonyl (C=O) groups is 2. The molecule has 6 heteroatoms. The zero-order valence-corrected chi connectivity index (χ0v) is 17.5. The number of rotatable bonds is 5. The van der Waals surface area contributed by atoms with Gasteiger partial charge in [0, 0.05) is 10.6 Å². The highest BCUT2D eigenvalue weighted by Gasteiger charge is 2.67. The average Bonchev–Trinajstić information content (AvgIpc) is 3.57. The van der Waals surface area contributed by atoms with Crippen molar-refractivity contribution in [1.29, 1.82) is 0 Å². The van der Waals surface area contributed by atoms with Crippen molar-refractivity contribution in [1.82, 2.24) is 5.01 Å². The summed E-state index contributed by atoms with van der Waals surface area (Å²) in [6.45, 7) is 0.380. The fourth-order valence-electron chi connectivity index (χ4n) is 5.61. The number of nitrogens with zero attached hydrogens (tertiary/aromatic N) is 2. The molecule has 156 valence electrons. The van der Waals surface area contributed by atoms with Crippen molar-refractivity contribution in [3.8, 4) is 5.75 Å². The van der Waals surface area contributed by atoms with Crippen LogP contribution in [0, 0.1) is 35.5 Å². The second-order valence-electron chi connectivity index (χ2n) is 8.84. The molecule has 5 aliphatic rings. The molecule has 4 aliphatic carbocycles. The number of benzene rings is 2. The summed E-state index contributed by atoms with van der Waals surface area (Å²) in [7, 11) is 0. The van der Waals surface area contributed by atoms with Gasteiger partial charge in [0.15, 0.2) is 0 Å². The van der Waals surface area contributed by atoms with Gasteiger partial charge in [-0.1, -0.05) is 42.0 Å². The summed E-state index contributed by atoms with van der Waals surface area (Å²) in [6.07, 6.45) is 7.06. The SMILES string of the molecule is O=C1[C@@H]2[C@H]3C=C[C@@H]([C@@H]4C[C@H]34)[C@@H]2C(=O)N1/N=C\c1ccc(OCc2ccccc2Cl)cc1. The molecule has 2 aromatic carbocycles. The molecule has 7 rings (SSSR count). The van der Waals surface area contributed by atoms with E-state index in [2.05, 4.69) is 17.3 Å². The number of hydrogen-bond donors (Lipinski definition) is 0. The molecule has 31 heavy (non-hydrogen) atoms. The van der Waals surface area contributed by atoms with E-state index in [4.69, 9.17) is 16.3 Å². The van der Waals surface area contributed by atoms with Crippen molar-refractivity contribution >= 4 is 29.6 Å². The summed E-state index contributed by atoms with van der Waals surface area (Å²) in [4.78, 5) is 25.9. The Balaban J connectivity index is 1.13. The number of carbonyl (C=O) groups excluding carboxylic acids is 2. The second kappa shape index (κ2) is 7.06. The molecule has 1 heterocycles. The number of hydrazone groups is 1. The van der Waals surface area contributed by atoms with Crippen LogP contribution < -0.4 is 4.74 Å². The van der Waals surface area contributed by atoms with Crippen molar-refractivity contribution in [2.75, 3.05) is 0 Å². The van der Waals surface area contributed by atoms with Crippen molar-refractivity contribution in [3.63, 3.8) is 0 Å². The Morgan fingerprint density at radius 2 is 1.61 bits per heavy atom. The number of hydrogen-bond acceptors (Lipinski definition) is 4. The lowest BCUT2D eigenvalue weighted by atomic mass is 9.63. The molecule has 0 unspecified atom stereocenters. The van der Waals surface area contributed by atoms with Gasteiger partial charge in [0.25, 0.3) is 11.8 Å². The van der Waals surface area contributed by atoms with E-state index in [1.54, 1.807) is 6.21 Å². The molecular formula is C25H21ClN2O3. The molecule has 2 saturated carbocycles. The fourth-order valence-corrected chi connectivity index (χ4v) is 5.80. The summed E-state index contributed by atoms with van der Waals surface area (Å²) >= 11 is 6.16. The van der Waals surface area contributed by atoms with Gasteiger partial charge in [0.05, 0.1) is 18.1 Å². The van der Waals surface area contributed by atoms with Crippen molar-refractivity contribution in [2.45, 2.75) is 13.0 Å². The summed E-state index contributed by atoms with van der Waals surface area (Å²) in [5.41, 5.74) is 1.72. The molecule has 0 spiro atoms. The topological polar surface area (TPSA) is 59.0 Å². The van der Waals surface area contributed by atoms with E-state index in [-0.39, 0.29) is 35.5 Å². The maximum Gasteiger partial charge on any atom is 0.254 e. The summed E-state index contributed by atoms with van der Waals surface area (Å²) in [5, 5.41) is 6.05. The standard InChI is InChI=1S/C25H21ClN2O3/c26-21-4-2-1-3-15(21)13-31-16-7-5-14(6-8-16)12-27-28-24(29)22-17-9-10-18(20-11-19(17)20)23(22)25(28)30/h1-10,12,17-20,22-23H,11,13H2/b27-12-/t17-,18-,19-,20+,22-,23+/m0/s1. The maximum absolute atomic E-state index is 13.0. The molecule has 2 aromatic rings. The predicted molar refractivity (Wildman–Crippen MR) is 116 cm³/mol. The third-order valence-corrected chi connectivity index (χ3v) is 7.56. The van der Waals surface area contributed by atoms with E-state index in [1.807, 2.05) is 48.5 Å². The molecule has 0 aromatic heterocycles. The van der Waals surface area contributed by atoms with Gasteiger partial charge in [-0.15, -0.1) is 0 Å². The van der Waals surface area contributed by atoms with Crippen LogP contribution >= 0.6 is 11.6 Å². The number of halogens is 1. The Kier molecular flexibility index (Phi) is 4.29. The zero-order chi connectivity index (χ0) is 21.1. The van der Waals surface area contributed by atoms with Gasteiger partial charge in [-0.25, -0.2) is 0 Å². The van der Waals surface area contributed by atoms with Crippen LogP contribution in [-0.2, 0) is 16.2 Å². The quantitative estimate of drug-likeness (QED) is 0.402. The number of amides is 2. The van der Waals surface area contributed by atoms with E-state index >= 15 is 0 Å². The van der Waals surface area contributed by atoms with Crippen LogP contribution in [0.15, 0.2) is 65.8 Å². The van der Waals surface area contributed by atoms with Gasteiger partial charge < -0.3 is 4.74 Å². The minimum Gasteiger partial charge on any atom is -0.489 e. The Morgan fingerprint density at radius 3 is 2.26 bits per heavy atom. The number of ether oxygens (including phenoxy) is 1. The predicted octanol–water partition coefficient (Wildman–Crippen LogP) is 4.31. The third kappa shape index (κ3) is 3.02. The Labute approximate surface area is 185 Å². The smallest absolute Gasteiger partial charge is 0.254 e. The van der Waals surface area contributed by atoms with Crippen LogP contribution in [0.4, 0.5) is 0 Å². The Bertz CT molecular complexity index is 1090. The van der Waals surface area contributed by atoms with E-state index < -0.39 is 0 Å². The first kappa shape index (κ1) is 18.8. The monoisotopic (exact) mass is 432 g/mol. The Morgan fingerprint density at radius 1 is 0.968 bits per heavy atom. The van der Waals surface area contributed by atoms with E-state index in [1.165, 1.54) is 0 Å². The highest BCUT2D eigenvalue weighted by molar-refractivity contribution is 6.31. The lowest BCUT2D eigenvalue weighted by molar-refractivity contribution is -0.140. The van der Waals surface area contributed by atoms with Crippen LogP contribution in [0.5, 0.6) is 5.75 Å². The maximum atomic E-state index is 13.0. The minimum absolute atomic E-state index is 0.143. The molecular weight excluding hydrogens is 412 g/mol. The molecule has 3 fully saturated rings. The van der Waals surface area contributed by atoms with Crippen LogP contribution in [0.3, 0.4) is 0 Å². The molecule has 5 nitrogen and oxygen atoms in total. The highest BCUT2D eigenvalue weighted by Crippen LogP contribution is 2.65. The van der Waals surface area contributed by atoms with Gasteiger partial charge in [-0.05, 0) is 66.0 Å². The van der Waals surface area contributed by atoms with Gasteiger partial charge in [-0.2, -0.15) is 10.1 Å². The molecule has 2 amide bonds. The van der Waals surface area contributed by atoms with Crippen LogP contribution in [0.1, 0.15) is 17.5 Å². The third-order valence-electron chi connectivity index (χ3n) is 7.19. The lowest BCUT2D eigenvalue weighted by Gasteiger charge is -2.37. The van der Waals surface area contributed by atoms with Crippen molar-refractivity contribution in [2.24, 2.45) is 40.6 Å². The summed E-state index contributed by atoms with van der Waals surface area (Å²) < 4.78 is 5.79. The van der Waals surface area contributed by atoms with E-state index in [0.717, 1.165) is 22.6 Å². The summed E-state index contributed by atoms with van der Waals surface area (Å²) in [6, 6.07) is 14.9. The number of imide groups is 1. The van der Waals surface area contributed by atoms with Crippen LogP contribution in [0.25, 0.3) is 0 Å². The first-order valence-electron chi connectivity index (χ1n) is 10.7. The van der Waals surface area contributed by atoms with Gasteiger partial charge in [0.2, 0.25) is 0 Å². The fraction of sp³-hybridized carbons (Fsp3) is 0.320. The van der Waals surface area contributed by atoms with Crippen LogP contribution in [0.2, 0.25) is 5.02 Å². The van der Waals surface area contributed by atoms with Gasteiger partial charge >= 0.3 is 0 Å². The minimum atomic E-state index is -0.219. The largest absolute Gasteiger partial charge is 0.489 e. The second-order valence-corrected chi connectivity index (χ2v) is 9.24. The van der Waals surface area contributed by atoms with Crippen molar-refractivity contribution in [3.05, 3.63) is 76.8 Å². The summed E-state index contributed by atoms with van der Waals surface area (Å²) in [5.74, 6) is 1.60. The van der Waals surface area contributed by atoms with Gasteiger partial charge in [0.1, 0.15) is 12.4 Å². The molecule has 1 aliphatic heterocycles. The highest BCUT2D eigenvalue weighted by atomic mass is 35.5. The van der Waals surface area contributed by atoms with Crippen LogP contribution in [-0.4, -0.2) is 23.0 Å². The molecule has 0 N–H and O–H groups in total.